The van der Waals surface area contributed by atoms with E-state index < -0.39 is 11.5 Å². The summed E-state index contributed by atoms with van der Waals surface area (Å²) in [7, 11) is 0. The second kappa shape index (κ2) is 7.50. The van der Waals surface area contributed by atoms with Gasteiger partial charge in [-0.25, -0.2) is 0 Å². The van der Waals surface area contributed by atoms with Crippen molar-refractivity contribution in [1.29, 1.82) is 0 Å². The summed E-state index contributed by atoms with van der Waals surface area (Å²) >= 11 is 1.46. The van der Waals surface area contributed by atoms with Crippen LogP contribution < -0.4 is 5.56 Å². The number of hydrogen-bond acceptors (Lipinski definition) is 5. The first-order chi connectivity index (χ1) is 14.1. The Bertz CT molecular complexity index is 1090. The van der Waals surface area contributed by atoms with Gasteiger partial charge in [0.05, 0.1) is 4.88 Å². The number of Topliss-reactive ketones (excluding diaryl/α,β-unsaturated/α-hetero) is 1. The van der Waals surface area contributed by atoms with Crippen LogP contribution in [0.2, 0.25) is 0 Å². The maximum atomic E-state index is 13.0. The number of carbonyl (C=O) groups excluding carboxylic acids is 3. The van der Waals surface area contributed by atoms with Crippen LogP contribution in [-0.4, -0.2) is 58.6 Å². The molecule has 2 aromatic heterocycles. The van der Waals surface area contributed by atoms with Gasteiger partial charge in [0.2, 0.25) is 0 Å². The van der Waals surface area contributed by atoms with Gasteiger partial charge < -0.3 is 14.8 Å². The number of carbonyl (C=O) groups is 3. The number of amides is 2. The van der Waals surface area contributed by atoms with Gasteiger partial charge in [-0.2, -0.15) is 0 Å². The Kier molecular flexibility index (Phi) is 5.13. The fraction of sp³-hybridized carbons (Fsp3) is 0.455. The summed E-state index contributed by atoms with van der Waals surface area (Å²) in [5.41, 5.74) is 0.383. The Morgan fingerprint density at radius 3 is 2.23 bits per heavy atom. The Hall–Kier alpha value is -2.74. The third kappa shape index (κ3) is 3.84. The molecule has 0 atom stereocenters. The predicted octanol–water partition coefficient (Wildman–Crippen LogP) is 2.50. The van der Waals surface area contributed by atoms with Crippen LogP contribution in [0.1, 0.15) is 61.2 Å². The fourth-order valence-electron chi connectivity index (χ4n) is 4.17. The molecule has 0 radical (unpaired) electrons. The van der Waals surface area contributed by atoms with Gasteiger partial charge in [0.1, 0.15) is 5.56 Å². The lowest BCUT2D eigenvalue weighted by Gasteiger charge is -2.34. The number of fused-ring (bicyclic) bond motifs is 1. The highest BCUT2D eigenvalue weighted by Crippen LogP contribution is 2.33. The van der Waals surface area contributed by atoms with Crippen molar-refractivity contribution >= 4 is 28.9 Å². The third-order valence-corrected chi connectivity index (χ3v) is 6.74. The maximum Gasteiger partial charge on any atom is 0.264 e. The van der Waals surface area contributed by atoms with Crippen molar-refractivity contribution in [3.8, 4) is 0 Å². The van der Waals surface area contributed by atoms with Gasteiger partial charge in [-0.1, -0.05) is 13.8 Å². The number of nitrogens with one attached hydrogen (secondary N) is 1. The molecule has 7 nitrogen and oxygen atoms in total. The number of aromatic nitrogens is 1. The highest BCUT2D eigenvalue weighted by Gasteiger charge is 2.34. The molecular weight excluding hydrogens is 402 g/mol. The minimum Gasteiger partial charge on any atom is -0.335 e. The summed E-state index contributed by atoms with van der Waals surface area (Å²) in [4.78, 5) is 58.5. The van der Waals surface area contributed by atoms with Crippen LogP contribution >= 0.6 is 11.3 Å². The number of thiophene rings is 1. The van der Waals surface area contributed by atoms with E-state index in [1.807, 2.05) is 32.9 Å². The second-order valence-electron chi connectivity index (χ2n) is 8.84. The number of hydrogen-bond donors (Lipinski definition) is 1. The van der Waals surface area contributed by atoms with Crippen molar-refractivity contribution in [2.75, 3.05) is 26.2 Å². The van der Waals surface area contributed by atoms with Gasteiger partial charge in [0, 0.05) is 48.7 Å². The monoisotopic (exact) mass is 427 g/mol. The standard InChI is InChI=1S/C22H25N3O4S/c1-13-4-5-18(30-13)21(29)25-8-6-24(7-9-25)20(28)15-10-14-16(23-19(15)27)11-22(2,3)12-17(14)26/h4-5,10H,6-9,11-12H2,1-3H3,(H,23,27). The van der Waals surface area contributed by atoms with Crippen LogP contribution in [0.25, 0.3) is 0 Å². The Morgan fingerprint density at radius 2 is 1.63 bits per heavy atom. The summed E-state index contributed by atoms with van der Waals surface area (Å²) in [5, 5.41) is 0. The van der Waals surface area contributed by atoms with Gasteiger partial charge in [-0.05, 0) is 37.0 Å². The Labute approximate surface area is 178 Å². The lowest BCUT2D eigenvalue weighted by molar-refractivity contribution is 0.0537. The molecule has 1 fully saturated rings. The Morgan fingerprint density at radius 1 is 1.00 bits per heavy atom. The number of aryl methyl sites for hydroxylation is 1. The van der Waals surface area contributed by atoms with Crippen LogP contribution in [0.3, 0.4) is 0 Å². The molecule has 158 valence electrons. The van der Waals surface area contributed by atoms with Crippen molar-refractivity contribution in [1.82, 2.24) is 14.8 Å². The summed E-state index contributed by atoms with van der Waals surface area (Å²) < 4.78 is 0. The van der Waals surface area contributed by atoms with E-state index in [4.69, 9.17) is 0 Å². The van der Waals surface area contributed by atoms with Crippen molar-refractivity contribution in [2.24, 2.45) is 5.41 Å². The number of aromatic amines is 1. The molecular formula is C22H25N3O4S. The highest BCUT2D eigenvalue weighted by atomic mass is 32.1. The summed E-state index contributed by atoms with van der Waals surface area (Å²) in [6.45, 7) is 7.47. The molecule has 2 aromatic rings. The first kappa shape index (κ1) is 20.5. The molecule has 2 amide bonds. The highest BCUT2D eigenvalue weighted by molar-refractivity contribution is 7.13. The molecule has 0 spiro atoms. The molecule has 4 rings (SSSR count). The fourth-order valence-corrected chi connectivity index (χ4v) is 5.01. The minimum atomic E-state index is -0.461. The van der Waals surface area contributed by atoms with Crippen LogP contribution in [0.15, 0.2) is 23.0 Å². The van der Waals surface area contributed by atoms with Crippen LogP contribution in [0.4, 0.5) is 0 Å². The summed E-state index contributed by atoms with van der Waals surface area (Å²) in [5.74, 6) is -0.469. The topological polar surface area (TPSA) is 90.6 Å². The molecule has 0 aromatic carbocycles. The third-order valence-electron chi connectivity index (χ3n) is 5.75. The molecule has 1 aliphatic heterocycles. The van der Waals surface area contributed by atoms with Gasteiger partial charge in [-0.15, -0.1) is 11.3 Å². The zero-order chi connectivity index (χ0) is 21.6. The SMILES string of the molecule is Cc1ccc(C(=O)N2CCN(C(=O)c3cc4c([nH]c3=O)CC(C)(C)CC4=O)CC2)s1. The van der Waals surface area contributed by atoms with Crippen molar-refractivity contribution in [3.63, 3.8) is 0 Å². The first-order valence-electron chi connectivity index (χ1n) is 10.1. The number of H-pyrrole nitrogens is 1. The van der Waals surface area contributed by atoms with E-state index in [2.05, 4.69) is 4.98 Å². The van der Waals surface area contributed by atoms with E-state index in [0.717, 1.165) is 4.88 Å². The predicted molar refractivity (Wildman–Crippen MR) is 114 cm³/mol. The molecule has 2 aliphatic rings. The van der Waals surface area contributed by atoms with E-state index in [-0.39, 0.29) is 22.7 Å². The number of rotatable bonds is 2. The number of pyridine rings is 1. The molecule has 0 unspecified atom stereocenters. The van der Waals surface area contributed by atoms with Crippen molar-refractivity contribution < 1.29 is 14.4 Å². The molecule has 1 aliphatic carbocycles. The number of piperazine rings is 1. The molecule has 0 saturated carbocycles. The number of nitrogens with zero attached hydrogens (tertiary/aromatic N) is 2. The first-order valence-corrected chi connectivity index (χ1v) is 10.9. The maximum absolute atomic E-state index is 13.0. The van der Waals surface area contributed by atoms with E-state index in [1.165, 1.54) is 17.4 Å². The van der Waals surface area contributed by atoms with Gasteiger partial charge in [0.15, 0.2) is 5.78 Å². The van der Waals surface area contributed by atoms with Crippen LogP contribution in [0.5, 0.6) is 0 Å². The number of ketones is 1. The Balaban J connectivity index is 1.48. The van der Waals surface area contributed by atoms with Crippen LogP contribution in [0, 0.1) is 12.3 Å². The zero-order valence-electron chi connectivity index (χ0n) is 17.4. The molecule has 30 heavy (non-hydrogen) atoms. The lowest BCUT2D eigenvalue weighted by Crippen LogP contribution is -2.51. The van der Waals surface area contributed by atoms with Crippen LogP contribution in [-0.2, 0) is 6.42 Å². The van der Waals surface area contributed by atoms with E-state index in [9.17, 15) is 19.2 Å². The van der Waals surface area contributed by atoms with Gasteiger partial charge in [-0.3, -0.25) is 19.2 Å². The molecule has 1 N–H and O–H groups in total. The average molecular weight is 428 g/mol. The summed E-state index contributed by atoms with van der Waals surface area (Å²) in [6.07, 6.45) is 0.990. The van der Waals surface area contributed by atoms with E-state index in [0.29, 0.717) is 55.2 Å². The normalized spacial score (nSPS) is 18.3. The molecule has 3 heterocycles. The molecule has 0 bridgehead atoms. The summed E-state index contributed by atoms with van der Waals surface area (Å²) in [6, 6.07) is 5.20. The van der Waals surface area contributed by atoms with Gasteiger partial charge in [0.25, 0.3) is 17.4 Å². The van der Waals surface area contributed by atoms with E-state index in [1.54, 1.807) is 9.80 Å². The quantitative estimate of drug-likeness (QED) is 0.797. The molecule has 8 heteroatoms. The van der Waals surface area contributed by atoms with Gasteiger partial charge >= 0.3 is 0 Å². The minimum absolute atomic E-state index is 0.00420. The second-order valence-corrected chi connectivity index (χ2v) is 10.1. The smallest absolute Gasteiger partial charge is 0.264 e. The van der Waals surface area contributed by atoms with Crippen molar-refractivity contribution in [2.45, 2.75) is 33.6 Å². The largest absolute Gasteiger partial charge is 0.335 e. The zero-order valence-corrected chi connectivity index (χ0v) is 18.2. The van der Waals surface area contributed by atoms with Crippen molar-refractivity contribution in [3.05, 3.63) is 55.1 Å². The molecule has 1 saturated heterocycles. The van der Waals surface area contributed by atoms with E-state index >= 15 is 0 Å². The lowest BCUT2D eigenvalue weighted by atomic mass is 9.75. The average Bonchev–Trinajstić information content (AvgIpc) is 3.12.